The number of nitrogens with zero attached hydrogens (tertiary/aromatic N) is 4. The lowest BCUT2D eigenvalue weighted by atomic mass is 9.97. The van der Waals surface area contributed by atoms with Gasteiger partial charge >= 0.3 is 0 Å². The third kappa shape index (κ3) is 6.69. The monoisotopic (exact) mass is 442 g/mol. The molecule has 1 aromatic heterocycles. The molecular formula is C24H38N6O2. The predicted octanol–water partition coefficient (Wildman–Crippen LogP) is 3.66. The van der Waals surface area contributed by atoms with Crippen LogP contribution in [0, 0.1) is 0 Å². The molecule has 1 atom stereocenters. The average Bonchev–Trinajstić information content (AvgIpc) is 3.28. The van der Waals surface area contributed by atoms with Crippen molar-refractivity contribution < 1.29 is 9.26 Å². The molecule has 1 fully saturated rings. The molecule has 0 radical (unpaired) electrons. The van der Waals surface area contributed by atoms with Gasteiger partial charge in [-0.15, -0.1) is 0 Å². The molecule has 176 valence electrons. The number of aliphatic imine (C=N–C) groups is 1. The largest absolute Gasteiger partial charge is 0.497 e. The number of likely N-dealkylation sites (tertiary alicyclic amines) is 1. The Hall–Kier alpha value is -2.61. The Morgan fingerprint density at radius 1 is 1.16 bits per heavy atom. The van der Waals surface area contributed by atoms with Crippen LogP contribution in [-0.2, 0) is 12.0 Å². The van der Waals surface area contributed by atoms with E-state index in [0.717, 1.165) is 37.9 Å². The van der Waals surface area contributed by atoms with Crippen LogP contribution < -0.4 is 15.4 Å². The molecule has 0 spiro atoms. The van der Waals surface area contributed by atoms with E-state index in [2.05, 4.69) is 70.5 Å². The van der Waals surface area contributed by atoms with Crippen LogP contribution in [0.15, 0.2) is 33.8 Å². The van der Waals surface area contributed by atoms with Gasteiger partial charge in [-0.3, -0.25) is 4.90 Å². The van der Waals surface area contributed by atoms with E-state index in [0.29, 0.717) is 18.3 Å². The number of piperidine rings is 1. The molecule has 1 aliphatic rings. The van der Waals surface area contributed by atoms with Crippen LogP contribution in [0.1, 0.15) is 70.3 Å². The highest BCUT2D eigenvalue weighted by Gasteiger charge is 2.23. The highest BCUT2D eigenvalue weighted by molar-refractivity contribution is 5.79. The number of nitrogens with one attached hydrogen (secondary N) is 2. The molecule has 2 N–H and O–H groups in total. The number of rotatable bonds is 8. The minimum atomic E-state index is -0.169. The Balaban J connectivity index is 1.70. The zero-order valence-corrected chi connectivity index (χ0v) is 20.1. The van der Waals surface area contributed by atoms with Crippen molar-refractivity contribution in [1.29, 1.82) is 0 Å². The van der Waals surface area contributed by atoms with Gasteiger partial charge in [-0.05, 0) is 50.6 Å². The van der Waals surface area contributed by atoms with Gasteiger partial charge in [0.25, 0.3) is 0 Å². The second kappa shape index (κ2) is 11.3. The maximum atomic E-state index is 5.39. The number of methoxy groups -OCH3 is 1. The molecule has 2 heterocycles. The fraction of sp³-hybridized carbons (Fsp3) is 0.625. The van der Waals surface area contributed by atoms with Gasteiger partial charge in [0.1, 0.15) is 12.3 Å². The van der Waals surface area contributed by atoms with Crippen LogP contribution in [0.5, 0.6) is 5.75 Å². The summed E-state index contributed by atoms with van der Waals surface area (Å²) in [6, 6.07) is 8.67. The van der Waals surface area contributed by atoms with Crippen molar-refractivity contribution in [3.8, 4) is 5.75 Å². The molecule has 8 nitrogen and oxygen atoms in total. The minimum absolute atomic E-state index is 0.169. The highest BCUT2D eigenvalue weighted by Crippen LogP contribution is 2.26. The Morgan fingerprint density at radius 3 is 2.47 bits per heavy atom. The molecule has 1 unspecified atom stereocenters. The summed E-state index contributed by atoms with van der Waals surface area (Å²) in [5.41, 5.74) is 1.11. The summed E-state index contributed by atoms with van der Waals surface area (Å²) in [6.07, 6.45) is 3.80. The third-order valence-corrected chi connectivity index (χ3v) is 5.63. The SMILES string of the molecule is CCNC(=NCc1noc(C(C)(C)C)n1)NCC(c1ccc(OC)cc1)N1CCCCC1. The Labute approximate surface area is 191 Å². The first kappa shape index (κ1) is 24.0. The van der Waals surface area contributed by atoms with Crippen molar-refractivity contribution in [2.75, 3.05) is 33.3 Å². The van der Waals surface area contributed by atoms with Gasteiger partial charge in [0.05, 0.1) is 13.2 Å². The van der Waals surface area contributed by atoms with E-state index in [1.54, 1.807) is 7.11 Å². The summed E-state index contributed by atoms with van der Waals surface area (Å²) in [7, 11) is 1.70. The topological polar surface area (TPSA) is 87.8 Å². The first-order valence-electron chi connectivity index (χ1n) is 11.6. The van der Waals surface area contributed by atoms with E-state index in [1.165, 1.54) is 24.8 Å². The van der Waals surface area contributed by atoms with Gasteiger partial charge in [0, 0.05) is 18.5 Å². The molecule has 1 aromatic carbocycles. The van der Waals surface area contributed by atoms with Gasteiger partial charge in [-0.1, -0.05) is 44.5 Å². The van der Waals surface area contributed by atoms with Crippen LogP contribution >= 0.6 is 0 Å². The Morgan fingerprint density at radius 2 is 1.88 bits per heavy atom. The number of ether oxygens (including phenoxy) is 1. The van der Waals surface area contributed by atoms with E-state index in [4.69, 9.17) is 9.26 Å². The zero-order chi connectivity index (χ0) is 23.0. The van der Waals surface area contributed by atoms with Gasteiger partial charge in [0.2, 0.25) is 5.89 Å². The molecule has 0 bridgehead atoms. The van der Waals surface area contributed by atoms with Crippen molar-refractivity contribution >= 4 is 5.96 Å². The average molecular weight is 443 g/mol. The van der Waals surface area contributed by atoms with Crippen LogP contribution in [-0.4, -0.2) is 54.3 Å². The number of guanidine groups is 1. The molecule has 1 aliphatic heterocycles. The van der Waals surface area contributed by atoms with Crippen molar-refractivity contribution in [3.63, 3.8) is 0 Å². The smallest absolute Gasteiger partial charge is 0.232 e. The quantitative estimate of drug-likeness (QED) is 0.476. The normalized spacial score (nSPS) is 16.6. The molecule has 8 heteroatoms. The van der Waals surface area contributed by atoms with E-state index in [-0.39, 0.29) is 11.5 Å². The maximum absolute atomic E-state index is 5.39. The van der Waals surface area contributed by atoms with Crippen LogP contribution in [0.4, 0.5) is 0 Å². The minimum Gasteiger partial charge on any atom is -0.497 e. The van der Waals surface area contributed by atoms with E-state index in [9.17, 15) is 0 Å². The number of hydrogen-bond acceptors (Lipinski definition) is 6. The molecule has 2 aromatic rings. The van der Waals surface area contributed by atoms with Crippen molar-refractivity contribution in [2.45, 2.75) is 65.0 Å². The summed E-state index contributed by atoms with van der Waals surface area (Å²) in [4.78, 5) is 11.7. The predicted molar refractivity (Wildman–Crippen MR) is 127 cm³/mol. The number of aromatic nitrogens is 2. The molecule has 32 heavy (non-hydrogen) atoms. The molecule has 0 saturated carbocycles. The molecular weight excluding hydrogens is 404 g/mol. The lowest BCUT2D eigenvalue weighted by Gasteiger charge is -2.35. The Bertz CT molecular complexity index is 850. The van der Waals surface area contributed by atoms with Crippen molar-refractivity contribution in [3.05, 3.63) is 41.5 Å². The van der Waals surface area contributed by atoms with Gasteiger partial charge in [-0.2, -0.15) is 4.98 Å². The maximum Gasteiger partial charge on any atom is 0.232 e. The summed E-state index contributed by atoms with van der Waals surface area (Å²) < 4.78 is 10.7. The second-order valence-corrected chi connectivity index (χ2v) is 9.23. The lowest BCUT2D eigenvalue weighted by Crippen LogP contribution is -2.44. The van der Waals surface area contributed by atoms with Crippen molar-refractivity contribution in [2.24, 2.45) is 4.99 Å². The van der Waals surface area contributed by atoms with Gasteiger partial charge < -0.3 is 19.9 Å². The van der Waals surface area contributed by atoms with E-state index < -0.39 is 0 Å². The summed E-state index contributed by atoms with van der Waals surface area (Å²) in [6.45, 7) is 12.4. The summed E-state index contributed by atoms with van der Waals surface area (Å²) in [5.74, 6) is 2.86. The fourth-order valence-corrected chi connectivity index (χ4v) is 3.82. The van der Waals surface area contributed by atoms with Crippen LogP contribution in [0.2, 0.25) is 0 Å². The first-order chi connectivity index (χ1) is 15.4. The van der Waals surface area contributed by atoms with Gasteiger partial charge in [-0.25, -0.2) is 4.99 Å². The highest BCUT2D eigenvalue weighted by atomic mass is 16.5. The molecule has 0 aliphatic carbocycles. The lowest BCUT2D eigenvalue weighted by molar-refractivity contribution is 0.164. The van der Waals surface area contributed by atoms with Crippen LogP contribution in [0.3, 0.4) is 0 Å². The van der Waals surface area contributed by atoms with Gasteiger partial charge in [0.15, 0.2) is 11.8 Å². The van der Waals surface area contributed by atoms with Crippen LogP contribution in [0.25, 0.3) is 0 Å². The standard InChI is InChI=1S/C24H38N6O2/c1-6-25-23(27-17-21-28-22(32-29-21)24(2,3)4)26-16-20(30-14-8-7-9-15-30)18-10-12-19(31-5)13-11-18/h10-13,20H,6-9,14-17H2,1-5H3,(H2,25,26,27). The molecule has 0 amide bonds. The first-order valence-corrected chi connectivity index (χ1v) is 11.6. The van der Waals surface area contributed by atoms with Crippen molar-refractivity contribution in [1.82, 2.24) is 25.7 Å². The summed E-state index contributed by atoms with van der Waals surface area (Å²) >= 11 is 0. The van der Waals surface area contributed by atoms with E-state index in [1.807, 2.05) is 12.1 Å². The molecule has 3 rings (SSSR count). The Kier molecular flexibility index (Phi) is 8.50. The second-order valence-electron chi connectivity index (χ2n) is 9.23. The fourth-order valence-electron chi connectivity index (χ4n) is 3.82. The van der Waals surface area contributed by atoms with E-state index >= 15 is 0 Å². The summed E-state index contributed by atoms with van der Waals surface area (Å²) in [5, 5.41) is 10.9. The third-order valence-electron chi connectivity index (χ3n) is 5.63. The number of benzene rings is 1. The number of hydrogen-bond donors (Lipinski definition) is 2. The molecule has 1 saturated heterocycles. The zero-order valence-electron chi connectivity index (χ0n) is 20.1.